The fourth-order valence-electron chi connectivity index (χ4n) is 4.51. The minimum Gasteiger partial charge on any atom is -0.340 e. The van der Waals surface area contributed by atoms with Gasteiger partial charge in [-0.2, -0.15) is 0 Å². The Morgan fingerprint density at radius 1 is 0.895 bits per heavy atom. The zero-order chi connectivity index (χ0) is 13.2. The molecular weight excluding hydrogens is 236 g/mol. The molecule has 3 nitrogen and oxygen atoms in total. The number of hydrogen-bond donors (Lipinski definition) is 0. The summed E-state index contributed by atoms with van der Waals surface area (Å²) in [5.41, 5.74) is 0. The first kappa shape index (κ1) is 13.4. The van der Waals surface area contributed by atoms with Crippen LogP contribution in [0.3, 0.4) is 0 Å². The first-order valence-electron chi connectivity index (χ1n) is 8.23. The number of carbonyl (C=O) groups excluding carboxylic acids is 1. The number of hydrogen-bond acceptors (Lipinski definition) is 2. The molecule has 1 saturated heterocycles. The van der Waals surface area contributed by atoms with E-state index in [0.717, 1.165) is 44.4 Å². The van der Waals surface area contributed by atoms with Crippen LogP contribution in [-0.2, 0) is 4.79 Å². The number of piperazine rings is 1. The van der Waals surface area contributed by atoms with Gasteiger partial charge in [-0.1, -0.05) is 32.1 Å². The lowest BCUT2D eigenvalue weighted by atomic mass is 9.65. The van der Waals surface area contributed by atoms with Gasteiger partial charge in [-0.15, -0.1) is 0 Å². The zero-order valence-electron chi connectivity index (χ0n) is 12.3. The Hall–Kier alpha value is -0.570. The molecule has 0 spiro atoms. The van der Waals surface area contributed by atoms with Crippen molar-refractivity contribution in [1.29, 1.82) is 0 Å². The highest BCUT2D eigenvalue weighted by molar-refractivity contribution is 5.79. The molecule has 3 heteroatoms. The predicted molar refractivity (Wildman–Crippen MR) is 76.9 cm³/mol. The number of nitrogens with zero attached hydrogens (tertiary/aromatic N) is 2. The average molecular weight is 264 g/mol. The van der Waals surface area contributed by atoms with E-state index in [2.05, 4.69) is 16.8 Å². The van der Waals surface area contributed by atoms with Gasteiger partial charge in [-0.05, 0) is 31.7 Å². The SMILES string of the molecule is CN1CCN(C(=O)C2CCCC3CCCCC32)CC1. The van der Waals surface area contributed by atoms with Crippen LogP contribution in [0.25, 0.3) is 0 Å². The van der Waals surface area contributed by atoms with Crippen molar-refractivity contribution < 1.29 is 4.79 Å². The van der Waals surface area contributed by atoms with Crippen molar-refractivity contribution in [2.75, 3.05) is 33.2 Å². The van der Waals surface area contributed by atoms with Gasteiger partial charge in [-0.3, -0.25) is 4.79 Å². The van der Waals surface area contributed by atoms with Gasteiger partial charge >= 0.3 is 0 Å². The zero-order valence-corrected chi connectivity index (χ0v) is 12.3. The highest BCUT2D eigenvalue weighted by Gasteiger charge is 2.40. The molecule has 0 aromatic rings. The fraction of sp³-hybridized carbons (Fsp3) is 0.938. The van der Waals surface area contributed by atoms with E-state index in [4.69, 9.17) is 0 Å². The number of likely N-dealkylation sites (N-methyl/N-ethyl adjacent to an activating group) is 1. The van der Waals surface area contributed by atoms with Crippen molar-refractivity contribution in [2.24, 2.45) is 17.8 Å². The number of carbonyl (C=O) groups is 1. The normalized spacial score (nSPS) is 36.9. The van der Waals surface area contributed by atoms with Gasteiger partial charge in [0, 0.05) is 32.1 Å². The van der Waals surface area contributed by atoms with Crippen LogP contribution in [0.4, 0.5) is 0 Å². The Morgan fingerprint density at radius 3 is 2.37 bits per heavy atom. The maximum absolute atomic E-state index is 12.8. The van der Waals surface area contributed by atoms with E-state index in [9.17, 15) is 4.79 Å². The molecule has 0 bridgehead atoms. The standard InChI is InChI=1S/C16H28N2O/c1-17-9-11-18(12-10-17)16(19)15-8-4-6-13-5-2-3-7-14(13)15/h13-15H,2-12H2,1H3. The van der Waals surface area contributed by atoms with Crippen LogP contribution in [-0.4, -0.2) is 48.9 Å². The molecule has 3 unspecified atom stereocenters. The smallest absolute Gasteiger partial charge is 0.226 e. The van der Waals surface area contributed by atoms with Crippen LogP contribution < -0.4 is 0 Å². The molecule has 108 valence electrons. The van der Waals surface area contributed by atoms with E-state index in [0.29, 0.717) is 11.8 Å². The summed E-state index contributed by atoms with van der Waals surface area (Å²) in [5, 5.41) is 0. The Morgan fingerprint density at radius 2 is 1.58 bits per heavy atom. The molecule has 2 saturated carbocycles. The van der Waals surface area contributed by atoms with Crippen LogP contribution in [0.5, 0.6) is 0 Å². The first-order chi connectivity index (χ1) is 9.25. The van der Waals surface area contributed by atoms with Crippen molar-refractivity contribution in [2.45, 2.75) is 44.9 Å². The summed E-state index contributed by atoms with van der Waals surface area (Å²) in [7, 11) is 2.15. The Bertz CT molecular complexity index is 321. The summed E-state index contributed by atoms with van der Waals surface area (Å²) in [6.45, 7) is 3.99. The molecule has 1 heterocycles. The molecule has 0 N–H and O–H groups in total. The third-order valence-electron chi connectivity index (χ3n) is 5.71. The summed E-state index contributed by atoms with van der Waals surface area (Å²) in [6.07, 6.45) is 9.28. The van der Waals surface area contributed by atoms with Gasteiger partial charge in [0.2, 0.25) is 5.91 Å². The van der Waals surface area contributed by atoms with Crippen molar-refractivity contribution in [1.82, 2.24) is 9.80 Å². The highest BCUT2D eigenvalue weighted by Crippen LogP contribution is 2.44. The number of rotatable bonds is 1. The summed E-state index contributed by atoms with van der Waals surface area (Å²) in [5.74, 6) is 2.44. The van der Waals surface area contributed by atoms with E-state index in [1.807, 2.05) is 0 Å². The predicted octanol–water partition coefficient (Wildman–Crippen LogP) is 2.37. The highest BCUT2D eigenvalue weighted by atomic mass is 16.2. The molecule has 3 fully saturated rings. The van der Waals surface area contributed by atoms with Crippen molar-refractivity contribution in [3.63, 3.8) is 0 Å². The lowest BCUT2D eigenvalue weighted by molar-refractivity contribution is -0.142. The molecule has 1 aliphatic heterocycles. The number of fused-ring (bicyclic) bond motifs is 1. The topological polar surface area (TPSA) is 23.6 Å². The van der Waals surface area contributed by atoms with Gasteiger partial charge < -0.3 is 9.80 Å². The molecule has 0 aromatic carbocycles. The van der Waals surface area contributed by atoms with E-state index < -0.39 is 0 Å². The van der Waals surface area contributed by atoms with Gasteiger partial charge in [-0.25, -0.2) is 0 Å². The average Bonchev–Trinajstić information content (AvgIpc) is 2.47. The maximum Gasteiger partial charge on any atom is 0.226 e. The molecule has 3 rings (SSSR count). The quantitative estimate of drug-likeness (QED) is 0.726. The lowest BCUT2D eigenvalue weighted by Gasteiger charge is -2.43. The van der Waals surface area contributed by atoms with Gasteiger partial charge in [0.1, 0.15) is 0 Å². The summed E-state index contributed by atoms with van der Waals surface area (Å²) in [6, 6.07) is 0. The van der Waals surface area contributed by atoms with E-state index in [-0.39, 0.29) is 0 Å². The summed E-state index contributed by atoms with van der Waals surface area (Å²) in [4.78, 5) is 17.3. The summed E-state index contributed by atoms with van der Waals surface area (Å²) < 4.78 is 0. The molecule has 0 radical (unpaired) electrons. The third-order valence-corrected chi connectivity index (χ3v) is 5.71. The van der Waals surface area contributed by atoms with Crippen molar-refractivity contribution >= 4 is 5.91 Å². The van der Waals surface area contributed by atoms with E-state index in [1.54, 1.807) is 0 Å². The van der Waals surface area contributed by atoms with Gasteiger partial charge in [0.15, 0.2) is 0 Å². The molecular formula is C16H28N2O. The monoisotopic (exact) mass is 264 g/mol. The minimum absolute atomic E-state index is 0.363. The Labute approximate surface area is 117 Å². The number of amides is 1. The second-order valence-corrected chi connectivity index (χ2v) is 6.87. The minimum atomic E-state index is 0.363. The van der Waals surface area contributed by atoms with Crippen molar-refractivity contribution in [3.8, 4) is 0 Å². The first-order valence-corrected chi connectivity index (χ1v) is 8.23. The van der Waals surface area contributed by atoms with Gasteiger partial charge in [0.05, 0.1) is 0 Å². The molecule has 1 amide bonds. The maximum atomic E-state index is 12.8. The van der Waals surface area contributed by atoms with E-state index >= 15 is 0 Å². The lowest BCUT2D eigenvalue weighted by Crippen LogP contribution is -2.51. The fourth-order valence-corrected chi connectivity index (χ4v) is 4.51. The van der Waals surface area contributed by atoms with E-state index in [1.165, 1.54) is 38.5 Å². The molecule has 3 atom stereocenters. The Balaban J connectivity index is 1.64. The molecule has 3 aliphatic rings. The molecule has 0 aromatic heterocycles. The second kappa shape index (κ2) is 5.82. The second-order valence-electron chi connectivity index (χ2n) is 6.87. The van der Waals surface area contributed by atoms with Crippen LogP contribution >= 0.6 is 0 Å². The summed E-state index contributed by atoms with van der Waals surface area (Å²) >= 11 is 0. The largest absolute Gasteiger partial charge is 0.340 e. The van der Waals surface area contributed by atoms with Crippen LogP contribution in [0.2, 0.25) is 0 Å². The van der Waals surface area contributed by atoms with Gasteiger partial charge in [0.25, 0.3) is 0 Å². The van der Waals surface area contributed by atoms with Crippen molar-refractivity contribution in [3.05, 3.63) is 0 Å². The van der Waals surface area contributed by atoms with Crippen LogP contribution in [0.15, 0.2) is 0 Å². The van der Waals surface area contributed by atoms with Crippen LogP contribution in [0, 0.1) is 17.8 Å². The molecule has 19 heavy (non-hydrogen) atoms. The van der Waals surface area contributed by atoms with Crippen LogP contribution in [0.1, 0.15) is 44.9 Å². The Kier molecular flexibility index (Phi) is 4.11. The third kappa shape index (κ3) is 2.81. The molecule has 2 aliphatic carbocycles.